The molecule has 0 aliphatic carbocycles. The molecule has 326 valence electrons. The number of benzene rings is 3. The molecule has 0 saturated carbocycles. The molecule has 0 saturated heterocycles. The molecule has 0 spiro atoms. The molecule has 0 N–H and O–H groups in total. The standard InChI is InChI=1S/C34H25N3O2.S23/c1-34(2,3)22-18-25-29-26(19-22)31(39)24-15-17-28(21-12-8-5-9-13-21)36-33(24)37(29)32-23(30(25)38)14-16-27(35-32)20-10-6-4-7-11-20;1-3-5-7-9-11-13-15-17-19-21-23-22-20-18-16-14-12-10-8-6-4-2/h4-19H,1-3H3;. The van der Waals surface area contributed by atoms with E-state index in [2.05, 4.69) is 20.8 Å². The van der Waals surface area contributed by atoms with Crippen LogP contribution < -0.4 is 10.9 Å². The summed E-state index contributed by atoms with van der Waals surface area (Å²) in [5.74, 6) is 0. The maximum atomic E-state index is 14.0. The second-order valence-electron chi connectivity index (χ2n) is 12.5. The van der Waals surface area contributed by atoms with E-state index in [9.17, 15) is 9.59 Å². The van der Waals surface area contributed by atoms with Crippen molar-refractivity contribution in [1.82, 2.24) is 14.4 Å². The summed E-state index contributed by atoms with van der Waals surface area (Å²) in [5.41, 5.74) is 5.35. The van der Waals surface area contributed by atoms with Crippen LogP contribution in [0.25, 0.3) is 60.9 Å². The highest BCUT2D eigenvalue weighted by Gasteiger charge is 2.23. The fourth-order valence-corrected chi connectivity index (χ4v) is 57.7. The molecule has 0 radical (unpaired) electrons. The molecule has 4 aromatic heterocycles. The molecule has 0 amide bonds. The van der Waals surface area contributed by atoms with Crippen molar-refractivity contribution in [2.75, 3.05) is 0 Å². The van der Waals surface area contributed by atoms with Crippen molar-refractivity contribution in [3.8, 4) is 22.5 Å². The summed E-state index contributed by atoms with van der Waals surface area (Å²) in [6.45, 7) is 6.26. The number of pyridine rings is 4. The predicted octanol–water partition coefficient (Wildman–Crippen LogP) is 6.92. The van der Waals surface area contributed by atoms with Gasteiger partial charge in [0, 0.05) is 231 Å². The van der Waals surface area contributed by atoms with Crippen LogP contribution in [-0.2, 0) is 214 Å². The predicted molar refractivity (Wildman–Crippen MR) is 328 cm³/mol. The normalized spacial score (nSPS) is 10.4. The van der Waals surface area contributed by atoms with E-state index < -0.39 is 0 Å². The van der Waals surface area contributed by atoms with Gasteiger partial charge in [0.15, 0.2) is 22.2 Å². The maximum absolute atomic E-state index is 14.0. The summed E-state index contributed by atoms with van der Waals surface area (Å²) >= 11 is 9.54. The monoisotopic (exact) mass is 1240 g/mol. The SMILES string of the molecule is CC(C)(C)c1cc2c(=O)c3ccc(-c4ccccc4)nc3n3c4nc(-c5ccccc5)ccc4c(=O)c(c1)c23.S=S=S=S=S=S=S=S=S=S=S=S=S=S=S=S=S=S=S=S=S=S=S. The molecule has 0 atom stereocenters. The first-order valence-corrected chi connectivity index (χ1v) is 46.0. The van der Waals surface area contributed by atoms with Crippen LogP contribution in [0.4, 0.5) is 0 Å². The third-order valence-electron chi connectivity index (χ3n) is 8.05. The molecule has 5 nitrogen and oxygen atoms in total. The first-order valence-electron chi connectivity index (χ1n) is 16.7. The minimum Gasteiger partial charge on any atom is -0.288 e. The Balaban J connectivity index is 0.000000241. The Bertz CT molecular complexity index is 3760. The average molecular weight is 1250 g/mol. The minimum absolute atomic E-state index is 0.133. The van der Waals surface area contributed by atoms with Gasteiger partial charge < -0.3 is 0 Å². The molecule has 0 aliphatic heterocycles. The summed E-state index contributed by atoms with van der Waals surface area (Å²) < 4.78 is 1.92. The second-order valence-corrected chi connectivity index (χ2v) is 49.6. The van der Waals surface area contributed by atoms with E-state index in [1.165, 1.54) is 17.8 Å². The fourth-order valence-electron chi connectivity index (χ4n) is 5.60. The van der Waals surface area contributed by atoms with Crippen molar-refractivity contribution in [2.45, 2.75) is 26.2 Å². The highest BCUT2D eigenvalue weighted by molar-refractivity contribution is 8.78. The Hall–Kier alpha value is 0.160. The molecule has 0 bridgehead atoms. The summed E-state index contributed by atoms with van der Waals surface area (Å²) in [6, 6.07) is 31.1. The zero-order valence-corrected chi connectivity index (χ0v) is 50.1. The third kappa shape index (κ3) is 14.6. The molecular formula is C34H25N3O2S23. The number of hydrogen-bond acceptors (Lipinski definition) is 6. The third-order valence-corrected chi connectivity index (χ3v) is 52.5. The van der Waals surface area contributed by atoms with E-state index in [-0.39, 0.29) is 16.3 Å². The largest absolute Gasteiger partial charge is 0.288 e. The van der Waals surface area contributed by atoms with Gasteiger partial charge >= 0.3 is 0 Å². The minimum atomic E-state index is -0.248. The van der Waals surface area contributed by atoms with Crippen LogP contribution >= 0.6 is 0 Å². The van der Waals surface area contributed by atoms with Gasteiger partial charge in [-0.25, -0.2) is 9.97 Å². The van der Waals surface area contributed by atoms with Gasteiger partial charge in [-0.1, -0.05) is 81.4 Å². The zero-order valence-electron chi connectivity index (χ0n) is 31.3. The van der Waals surface area contributed by atoms with E-state index >= 15 is 0 Å². The Morgan fingerprint density at radius 2 is 0.758 bits per heavy atom. The summed E-state index contributed by atoms with van der Waals surface area (Å²) in [6.07, 6.45) is 0. The Morgan fingerprint density at radius 3 is 1.06 bits per heavy atom. The number of rotatable bonds is 2. The molecular weight excluding hydrogens is 1220 g/mol. The van der Waals surface area contributed by atoms with Gasteiger partial charge in [0.25, 0.3) is 0 Å². The second kappa shape index (κ2) is 27.2. The molecule has 7 aromatic rings. The van der Waals surface area contributed by atoms with Crippen LogP contribution in [0.1, 0.15) is 26.3 Å². The van der Waals surface area contributed by atoms with Crippen LogP contribution in [0.5, 0.6) is 0 Å². The lowest BCUT2D eigenvalue weighted by Gasteiger charge is -2.21. The van der Waals surface area contributed by atoms with Crippen molar-refractivity contribution < 1.29 is 0 Å². The van der Waals surface area contributed by atoms with Gasteiger partial charge in [-0.05, 0) is 47.4 Å². The molecule has 62 heavy (non-hydrogen) atoms. The van der Waals surface area contributed by atoms with E-state index in [0.717, 1.165) is 28.1 Å². The van der Waals surface area contributed by atoms with E-state index in [0.29, 0.717) is 38.4 Å². The van der Waals surface area contributed by atoms with Crippen LogP contribution in [0.2, 0.25) is 0 Å². The molecule has 0 aliphatic rings. The first kappa shape index (κ1) is 51.5. The number of nitrogens with zero attached hydrogens (tertiary/aromatic N) is 3. The first-order chi connectivity index (χ1) is 30.2. The van der Waals surface area contributed by atoms with Crippen LogP contribution in [0.3, 0.4) is 0 Å². The Labute approximate surface area is 426 Å². The highest BCUT2D eigenvalue weighted by atomic mass is 33.5. The lowest BCUT2D eigenvalue weighted by Crippen LogP contribution is -2.19. The van der Waals surface area contributed by atoms with Gasteiger partial charge in [-0.3, -0.25) is 14.0 Å². The van der Waals surface area contributed by atoms with Crippen molar-refractivity contribution in [1.29, 1.82) is 0 Å². The van der Waals surface area contributed by atoms with Gasteiger partial charge in [-0.15, -0.1) is 0 Å². The van der Waals surface area contributed by atoms with Crippen LogP contribution in [-0.4, -0.2) is 14.4 Å². The van der Waals surface area contributed by atoms with Crippen molar-refractivity contribution >= 4 is 247 Å². The Kier molecular flexibility index (Phi) is 22.6. The lowest BCUT2D eigenvalue weighted by molar-refractivity contribution is 0.591. The zero-order chi connectivity index (χ0) is 43.7. The molecule has 0 unspecified atom stereocenters. The molecule has 7 rings (SSSR count). The molecule has 0 fully saturated rings. The van der Waals surface area contributed by atoms with Gasteiger partial charge in [0.2, 0.25) is 0 Å². The number of aromatic nitrogens is 3. The van der Waals surface area contributed by atoms with Crippen LogP contribution in [0.15, 0.2) is 107 Å². The Morgan fingerprint density at radius 1 is 0.435 bits per heavy atom. The van der Waals surface area contributed by atoms with E-state index in [1.807, 2.05) is 128 Å². The summed E-state index contributed by atoms with van der Waals surface area (Å²) in [7, 11) is 36.3. The molecule has 3 aromatic carbocycles. The maximum Gasteiger partial charge on any atom is 0.198 e. The topological polar surface area (TPSA) is 64.3 Å². The molecule has 4 heterocycles. The fraction of sp³-hybridized carbons (Fsp3) is 0.118. The van der Waals surface area contributed by atoms with E-state index in [4.69, 9.17) is 32.3 Å². The van der Waals surface area contributed by atoms with Gasteiger partial charge in [0.1, 0.15) is 0 Å². The average Bonchev–Trinajstić information content (AvgIpc) is 3.29. The van der Waals surface area contributed by atoms with Crippen molar-refractivity contribution in [3.05, 3.63) is 123 Å². The smallest absolute Gasteiger partial charge is 0.198 e. The quantitative estimate of drug-likeness (QED) is 0.139. The number of hydrogen-bond donors (Lipinski definition) is 0. The lowest BCUT2D eigenvalue weighted by atomic mass is 9.85. The summed E-state index contributed by atoms with van der Waals surface area (Å²) in [5, 5.41) is 1.99. The van der Waals surface area contributed by atoms with Crippen LogP contribution in [0, 0.1) is 0 Å². The van der Waals surface area contributed by atoms with E-state index in [1.54, 1.807) is 142 Å². The molecule has 28 heteroatoms. The van der Waals surface area contributed by atoms with Gasteiger partial charge in [-0.2, -0.15) is 0 Å². The van der Waals surface area contributed by atoms with Crippen molar-refractivity contribution in [2.24, 2.45) is 0 Å². The number of fused-ring (bicyclic) bond motifs is 4. The highest BCUT2D eigenvalue weighted by Crippen LogP contribution is 2.32. The summed E-state index contributed by atoms with van der Waals surface area (Å²) in [4.78, 5) is 38.0. The van der Waals surface area contributed by atoms with Gasteiger partial charge in [0.05, 0.1) is 27.7 Å². The van der Waals surface area contributed by atoms with Crippen molar-refractivity contribution in [3.63, 3.8) is 0 Å².